The van der Waals surface area contributed by atoms with E-state index in [2.05, 4.69) is 63.5 Å². The molecule has 1 heterocycles. The highest BCUT2D eigenvalue weighted by Gasteiger charge is 2.30. The van der Waals surface area contributed by atoms with Crippen LogP contribution in [-0.2, 0) is 35.2 Å². The zero-order chi connectivity index (χ0) is 71.6. The Kier molecular flexibility index (Phi) is 27.4. The van der Waals surface area contributed by atoms with Crippen LogP contribution in [0.4, 0.5) is 27.5 Å². The first-order chi connectivity index (χ1) is 46.8. The van der Waals surface area contributed by atoms with Crippen LogP contribution in [0.1, 0.15) is 92.4 Å². The quantitative estimate of drug-likeness (QED) is 0.0151. The van der Waals surface area contributed by atoms with Crippen molar-refractivity contribution in [2.45, 2.75) is 76.0 Å². The van der Waals surface area contributed by atoms with Crippen molar-refractivity contribution in [3.8, 4) is 23.0 Å². The van der Waals surface area contributed by atoms with Crippen molar-refractivity contribution < 1.29 is 76.8 Å². The molecule has 0 bridgehead atoms. The van der Waals surface area contributed by atoms with Crippen LogP contribution in [0.25, 0.3) is 10.9 Å². The molecule has 34 nitrogen and oxygen atoms in total. The molecule has 0 saturated heterocycles. The molecule has 0 saturated carbocycles. The fraction of sp³-hybridized carbons (Fsp3) is 0.297. The summed E-state index contributed by atoms with van der Waals surface area (Å²) >= 11 is 0. The van der Waals surface area contributed by atoms with Crippen LogP contribution < -0.4 is 100 Å². The van der Waals surface area contributed by atoms with Crippen LogP contribution in [0.3, 0.4) is 0 Å². The van der Waals surface area contributed by atoms with E-state index in [1.807, 2.05) is 24.3 Å². The summed E-state index contributed by atoms with van der Waals surface area (Å²) in [5.41, 5.74) is 23.0. The number of aromatic nitrogens is 1. The van der Waals surface area contributed by atoms with Crippen molar-refractivity contribution in [2.75, 3.05) is 68.8 Å². The topological polar surface area (TPSA) is 545 Å². The predicted octanol–water partition coefficient (Wildman–Crippen LogP) is 1.63. The lowest BCUT2D eigenvalue weighted by Gasteiger charge is -2.22. The number of carbonyl (C=O) groups excluding carboxylic acids is 10. The van der Waals surface area contributed by atoms with Gasteiger partial charge in [0.15, 0.2) is 18.5 Å². The summed E-state index contributed by atoms with van der Waals surface area (Å²) in [5, 5.41) is 54.4. The van der Waals surface area contributed by atoms with Crippen LogP contribution >= 0.6 is 0 Å². The van der Waals surface area contributed by atoms with Crippen LogP contribution in [0.15, 0.2) is 103 Å². The van der Waals surface area contributed by atoms with Crippen molar-refractivity contribution in [1.82, 2.24) is 42.2 Å². The van der Waals surface area contributed by atoms with Gasteiger partial charge in [-0.15, -0.1) is 0 Å². The number of nitrogens with two attached hydrogens (primary N) is 4. The number of carboxylic acid groups (broad SMARTS) is 1. The third-order valence-electron chi connectivity index (χ3n) is 14.6. The minimum atomic E-state index is -1.47. The standard InChI is InChI=1S/C64H78N18O16/c1-33(83)75-35-15-19-49(95-2)40(27-35)55(87)79-45(12-7-23-71-62(66)67)59(91)76-36-16-20-50(96-3)41(28-36)56(88)80-46(13-8-24-72-63(68)69)60(92)78-38-18-22-52(98-32-53(84)85)43(30-38)58(90)81-47(14-9-25-73-64(70)94)61(93)77-37-17-21-51(97-4)42(29-37)57(89)82-48(54(65)86)26-34-31-74-44-11-6-5-10-39(34)44/h5-6,10-11,15-22,27-31,45-48,74H,7-9,12-14,23-26,32H2,1-4H3,(H2,65,86)(H,75,83)(H,76,91)(H,77,93)(H,78,92)(H,79,87)(H,80,88)(H,81,90)(H,82,89)(H,84,85)(H4,66,67,71)(H4,68,69,72)(H3,70,73,94). The number of rotatable bonds is 36. The Balaban J connectivity index is 1.24. The smallest absolute Gasteiger partial charge is 0.341 e. The number of urea groups is 1. The molecule has 98 heavy (non-hydrogen) atoms. The van der Waals surface area contributed by atoms with E-state index in [0.29, 0.717) is 5.56 Å². The molecule has 5 aromatic carbocycles. The number of para-hydroxylation sites is 1. The summed E-state index contributed by atoms with van der Waals surface area (Å²) in [4.78, 5) is 151. The number of anilines is 4. The fourth-order valence-corrected chi connectivity index (χ4v) is 9.90. The number of primary amides is 2. The number of methoxy groups -OCH3 is 3. The van der Waals surface area contributed by atoms with Gasteiger partial charge in [0.2, 0.25) is 29.5 Å². The zero-order valence-corrected chi connectivity index (χ0v) is 53.8. The van der Waals surface area contributed by atoms with Crippen molar-refractivity contribution in [3.63, 3.8) is 0 Å². The number of benzene rings is 5. The molecule has 0 spiro atoms. The number of nitrogens with one attached hydrogen (secondary N) is 14. The molecule has 0 aliphatic heterocycles. The highest BCUT2D eigenvalue weighted by atomic mass is 16.5. The first-order valence-corrected chi connectivity index (χ1v) is 30.3. The Bertz CT molecular complexity index is 3970. The zero-order valence-electron chi connectivity index (χ0n) is 53.8. The van der Waals surface area contributed by atoms with E-state index in [4.69, 9.17) is 52.7 Å². The van der Waals surface area contributed by atoms with Crippen molar-refractivity contribution in [3.05, 3.63) is 131 Å². The molecule has 0 aliphatic carbocycles. The van der Waals surface area contributed by atoms with Gasteiger partial charge in [-0.25, -0.2) is 9.59 Å². The molecular formula is C64H78N18O16. The van der Waals surface area contributed by atoms with E-state index < -0.39 is 102 Å². The number of guanidine groups is 2. The maximum atomic E-state index is 14.5. The number of fused-ring (bicyclic) bond motifs is 1. The van der Waals surface area contributed by atoms with Gasteiger partial charge in [0.1, 0.15) is 47.2 Å². The summed E-state index contributed by atoms with van der Waals surface area (Å²) in [6.45, 7) is 0.472. The molecule has 4 atom stereocenters. The van der Waals surface area contributed by atoms with Gasteiger partial charge in [0.25, 0.3) is 23.6 Å². The average Bonchev–Trinajstić information content (AvgIpc) is 1.87. The summed E-state index contributed by atoms with van der Waals surface area (Å²) in [6, 6.07) is 17.0. The minimum Gasteiger partial charge on any atom is -0.496 e. The van der Waals surface area contributed by atoms with Crippen LogP contribution in [0, 0.1) is 10.8 Å². The van der Waals surface area contributed by atoms with Gasteiger partial charge in [-0.2, -0.15) is 0 Å². The Hall–Kier alpha value is -12.7. The van der Waals surface area contributed by atoms with Gasteiger partial charge in [0, 0.05) is 72.8 Å². The minimum absolute atomic E-state index is 0.00159. The predicted molar refractivity (Wildman–Crippen MR) is 360 cm³/mol. The maximum Gasteiger partial charge on any atom is 0.341 e. The number of carbonyl (C=O) groups is 11. The molecule has 0 fully saturated rings. The number of hydrogen-bond acceptors (Lipinski definition) is 17. The Labute approximate surface area is 560 Å². The molecule has 23 N–H and O–H groups in total. The molecule has 520 valence electrons. The van der Waals surface area contributed by atoms with Gasteiger partial charge in [-0.1, -0.05) is 18.2 Å². The van der Waals surface area contributed by atoms with Gasteiger partial charge in [-0.3, -0.25) is 54.0 Å². The monoisotopic (exact) mass is 1350 g/mol. The largest absolute Gasteiger partial charge is 0.496 e. The Morgan fingerprint density at radius 3 is 1.22 bits per heavy atom. The third kappa shape index (κ3) is 22.3. The summed E-state index contributed by atoms with van der Waals surface area (Å²) < 4.78 is 21.8. The highest BCUT2D eigenvalue weighted by Crippen LogP contribution is 2.29. The highest BCUT2D eigenvalue weighted by molar-refractivity contribution is 6.08. The number of aromatic amines is 1. The van der Waals surface area contributed by atoms with Gasteiger partial charge < -0.3 is 110 Å². The molecule has 0 radical (unpaired) electrons. The summed E-state index contributed by atoms with van der Waals surface area (Å²) in [5.74, 6) is -9.55. The van der Waals surface area contributed by atoms with E-state index in [-0.39, 0.29) is 139 Å². The van der Waals surface area contributed by atoms with E-state index in [1.165, 1.54) is 95.0 Å². The lowest BCUT2D eigenvalue weighted by molar-refractivity contribution is -0.139. The number of aliphatic carboxylic acids is 1. The summed E-state index contributed by atoms with van der Waals surface area (Å²) in [6.07, 6.45) is 1.79. The van der Waals surface area contributed by atoms with Crippen molar-refractivity contribution in [1.29, 1.82) is 10.8 Å². The van der Waals surface area contributed by atoms with E-state index in [9.17, 15) is 57.8 Å². The first-order valence-electron chi connectivity index (χ1n) is 30.3. The summed E-state index contributed by atoms with van der Waals surface area (Å²) in [7, 11) is 3.89. The fourth-order valence-electron chi connectivity index (χ4n) is 9.90. The maximum absolute atomic E-state index is 14.5. The molecule has 34 heteroatoms. The molecular weight excluding hydrogens is 1280 g/mol. The van der Waals surface area contributed by atoms with Crippen LogP contribution in [0.2, 0.25) is 0 Å². The number of amides is 11. The lowest BCUT2D eigenvalue weighted by Crippen LogP contribution is -2.46. The van der Waals surface area contributed by atoms with Crippen LogP contribution in [0.5, 0.6) is 23.0 Å². The Morgan fingerprint density at radius 1 is 0.490 bits per heavy atom. The Morgan fingerprint density at radius 2 is 0.857 bits per heavy atom. The molecule has 6 rings (SSSR count). The molecule has 6 aromatic rings. The molecule has 0 aliphatic rings. The van der Waals surface area contributed by atoms with E-state index in [0.717, 1.165) is 17.0 Å². The van der Waals surface area contributed by atoms with Crippen molar-refractivity contribution in [2.24, 2.45) is 22.9 Å². The third-order valence-corrected chi connectivity index (χ3v) is 14.6. The molecule has 11 amide bonds. The van der Waals surface area contributed by atoms with Gasteiger partial charge in [-0.05, 0) is 123 Å². The second-order valence-electron chi connectivity index (χ2n) is 21.8. The lowest BCUT2D eigenvalue weighted by atomic mass is 10.0. The normalized spacial score (nSPS) is 11.9. The van der Waals surface area contributed by atoms with E-state index in [1.54, 1.807) is 6.20 Å². The number of carboxylic acids is 1. The van der Waals surface area contributed by atoms with Gasteiger partial charge in [0.05, 0.1) is 43.6 Å². The average molecular weight is 1360 g/mol. The second kappa shape index (κ2) is 36.1. The van der Waals surface area contributed by atoms with Gasteiger partial charge >= 0.3 is 12.0 Å². The number of H-pyrrole nitrogens is 1. The molecule has 4 unspecified atom stereocenters. The van der Waals surface area contributed by atoms with E-state index >= 15 is 0 Å². The SMILES string of the molecule is COc1ccc(NC(=O)C(CCCNC(N)=O)NC(=O)c2cc(NC(=O)C(CCCNC(=N)N)NC(=O)c3cc(NC(=O)C(CCCNC(=N)N)NC(=O)c4cc(NC(C)=O)ccc4OC)ccc3OC)ccc2OCC(=O)O)cc1C(=O)NC(Cc1c[nH]c2ccccc12)C(N)=O. The van der Waals surface area contributed by atoms with Crippen molar-refractivity contribution >= 4 is 111 Å². The second-order valence-corrected chi connectivity index (χ2v) is 21.8. The molecule has 1 aromatic heterocycles. The number of ether oxygens (including phenoxy) is 4. The first kappa shape index (κ1) is 74.4. The van der Waals surface area contributed by atoms with Crippen LogP contribution in [-0.4, -0.2) is 159 Å². The number of hydrogen-bond donors (Lipinski definition) is 19.